The number of rotatable bonds is 7. The highest BCUT2D eigenvalue weighted by atomic mass is 35.5. The fourth-order valence-corrected chi connectivity index (χ4v) is 3.74. The number of methoxy groups -OCH3 is 1. The van der Waals surface area contributed by atoms with Crippen molar-refractivity contribution in [2.24, 2.45) is 0 Å². The summed E-state index contributed by atoms with van der Waals surface area (Å²) in [6.07, 6.45) is 3.56. The molecule has 2 heterocycles. The minimum Gasteiger partial charge on any atom is -0.494 e. The van der Waals surface area contributed by atoms with Gasteiger partial charge in [-0.1, -0.05) is 41.4 Å². The molecule has 0 aliphatic heterocycles. The predicted octanol–water partition coefficient (Wildman–Crippen LogP) is 4.08. The number of hydrogen-bond acceptors (Lipinski definition) is 6. The third-order valence-corrected chi connectivity index (χ3v) is 5.32. The Labute approximate surface area is 195 Å². The second kappa shape index (κ2) is 9.48. The summed E-state index contributed by atoms with van der Waals surface area (Å²) in [6.45, 7) is 3.50. The maximum absolute atomic E-state index is 13.2. The number of hydrogen-bond donors (Lipinski definition) is 1. The molecule has 0 bridgehead atoms. The Kier molecular flexibility index (Phi) is 6.48. The van der Waals surface area contributed by atoms with Gasteiger partial charge in [-0.2, -0.15) is 5.10 Å². The molecule has 33 heavy (non-hydrogen) atoms. The summed E-state index contributed by atoms with van der Waals surface area (Å²) in [6, 6.07) is 13.3. The number of nitrogens with zero attached hydrogens (tertiary/aromatic N) is 4. The average molecular weight is 467 g/mol. The van der Waals surface area contributed by atoms with E-state index in [4.69, 9.17) is 21.1 Å². The van der Waals surface area contributed by atoms with E-state index in [1.54, 1.807) is 31.6 Å². The molecule has 0 aliphatic carbocycles. The third kappa shape index (κ3) is 4.76. The average Bonchev–Trinajstić information content (AvgIpc) is 3.23. The molecule has 0 fully saturated rings. The number of aryl methyl sites for hydroxylation is 2. The van der Waals surface area contributed by atoms with Crippen molar-refractivity contribution >= 4 is 11.6 Å². The lowest BCUT2D eigenvalue weighted by Gasteiger charge is -2.18. The maximum atomic E-state index is 13.2. The minimum atomic E-state index is -0.708. The molecule has 4 rings (SSSR count). The fraction of sp³-hybridized carbons (Fsp3) is 0.208. The second-order valence-corrected chi connectivity index (χ2v) is 7.94. The Morgan fingerprint density at radius 2 is 1.94 bits per heavy atom. The van der Waals surface area contributed by atoms with Crippen LogP contribution in [0, 0.1) is 13.8 Å². The smallest absolute Gasteiger partial charge is 0.310 e. The molecule has 0 amide bonds. The lowest BCUT2D eigenvalue weighted by molar-refractivity contribution is 0.235. The van der Waals surface area contributed by atoms with Crippen LogP contribution in [0.5, 0.6) is 17.2 Å². The number of halogens is 1. The van der Waals surface area contributed by atoms with Crippen LogP contribution < -0.4 is 15.0 Å². The lowest BCUT2D eigenvalue weighted by atomic mass is 10.1. The second-order valence-electron chi connectivity index (χ2n) is 7.55. The molecule has 170 valence electrons. The van der Waals surface area contributed by atoms with Crippen LogP contribution in [0.3, 0.4) is 0 Å². The van der Waals surface area contributed by atoms with E-state index in [9.17, 15) is 9.90 Å². The van der Waals surface area contributed by atoms with E-state index < -0.39 is 11.6 Å². The van der Waals surface area contributed by atoms with E-state index in [1.165, 1.54) is 6.07 Å². The molecule has 0 aliphatic rings. The van der Waals surface area contributed by atoms with Gasteiger partial charge in [-0.3, -0.25) is 4.79 Å². The molecule has 2 aromatic carbocycles. The Bertz CT molecular complexity index is 1350. The summed E-state index contributed by atoms with van der Waals surface area (Å²) in [5.74, 6) is 0.905. The van der Waals surface area contributed by atoms with Crippen molar-refractivity contribution in [3.05, 3.63) is 93.4 Å². The van der Waals surface area contributed by atoms with Crippen molar-refractivity contribution in [2.45, 2.75) is 19.9 Å². The number of benzene rings is 2. The molecule has 1 N–H and O–H groups in total. The van der Waals surface area contributed by atoms with Gasteiger partial charge in [0.2, 0.25) is 0 Å². The summed E-state index contributed by atoms with van der Waals surface area (Å²) in [5, 5.41) is 14.2. The van der Waals surface area contributed by atoms with E-state index in [2.05, 4.69) is 10.1 Å². The summed E-state index contributed by atoms with van der Waals surface area (Å²) in [7, 11) is 1.55. The van der Waals surface area contributed by atoms with Crippen LogP contribution in [0.4, 0.5) is 0 Å². The molecule has 2 aromatic heterocycles. The van der Waals surface area contributed by atoms with Gasteiger partial charge in [0, 0.05) is 18.3 Å². The van der Waals surface area contributed by atoms with Gasteiger partial charge in [0.1, 0.15) is 17.5 Å². The summed E-state index contributed by atoms with van der Waals surface area (Å²) in [5.41, 5.74) is 2.86. The van der Waals surface area contributed by atoms with E-state index in [0.29, 0.717) is 11.5 Å². The van der Waals surface area contributed by atoms with E-state index >= 15 is 0 Å². The van der Waals surface area contributed by atoms with Crippen molar-refractivity contribution in [2.75, 3.05) is 13.7 Å². The van der Waals surface area contributed by atoms with E-state index in [1.807, 2.05) is 48.9 Å². The molecule has 0 unspecified atom stereocenters. The van der Waals surface area contributed by atoms with Gasteiger partial charge in [-0.25, -0.2) is 9.67 Å². The largest absolute Gasteiger partial charge is 0.494 e. The Balaban J connectivity index is 1.71. The first-order valence-corrected chi connectivity index (χ1v) is 10.6. The van der Waals surface area contributed by atoms with Crippen LogP contribution in [0.15, 0.2) is 65.8 Å². The molecule has 0 spiro atoms. The Morgan fingerprint density at radius 3 is 2.61 bits per heavy atom. The topological polar surface area (TPSA) is 91.4 Å². The molecule has 4 aromatic rings. The number of aliphatic hydroxyl groups is 1. The zero-order valence-corrected chi connectivity index (χ0v) is 19.2. The molecule has 9 heteroatoms. The van der Waals surface area contributed by atoms with E-state index in [-0.39, 0.29) is 17.5 Å². The first-order valence-electron chi connectivity index (χ1n) is 10.2. The third-order valence-electron chi connectivity index (χ3n) is 5.14. The van der Waals surface area contributed by atoms with Gasteiger partial charge in [0.25, 0.3) is 0 Å². The summed E-state index contributed by atoms with van der Waals surface area (Å²) >= 11 is 6.21. The number of aromatic nitrogens is 4. The number of imidazole rings is 1. The van der Waals surface area contributed by atoms with Crippen LogP contribution in [0.25, 0.3) is 5.69 Å². The van der Waals surface area contributed by atoms with Crippen LogP contribution in [-0.4, -0.2) is 38.2 Å². The highest BCUT2D eigenvalue weighted by molar-refractivity contribution is 6.29. The maximum Gasteiger partial charge on any atom is 0.310 e. The zero-order valence-electron chi connectivity index (χ0n) is 18.4. The molecule has 0 saturated carbocycles. The highest BCUT2D eigenvalue weighted by Gasteiger charge is 2.20. The van der Waals surface area contributed by atoms with Crippen LogP contribution >= 0.6 is 11.6 Å². The first kappa shape index (κ1) is 22.6. The highest BCUT2D eigenvalue weighted by Crippen LogP contribution is 2.30. The fourth-order valence-electron chi connectivity index (χ4n) is 3.56. The molecular formula is C24H23ClN4O4. The monoisotopic (exact) mass is 466 g/mol. The summed E-state index contributed by atoms with van der Waals surface area (Å²) in [4.78, 5) is 17.4. The van der Waals surface area contributed by atoms with E-state index in [0.717, 1.165) is 27.2 Å². The van der Waals surface area contributed by atoms with Crippen molar-refractivity contribution in [3.63, 3.8) is 0 Å². The normalized spacial score (nSPS) is 11.9. The molecular weight excluding hydrogens is 444 g/mol. The van der Waals surface area contributed by atoms with Crippen LogP contribution in [0.1, 0.15) is 22.9 Å². The van der Waals surface area contributed by atoms with Gasteiger partial charge in [-0.15, -0.1) is 0 Å². The van der Waals surface area contributed by atoms with Crippen LogP contribution in [-0.2, 0) is 0 Å². The lowest BCUT2D eigenvalue weighted by Crippen LogP contribution is -2.30. The van der Waals surface area contributed by atoms with Crippen molar-refractivity contribution in [1.29, 1.82) is 0 Å². The quantitative estimate of drug-likeness (QED) is 0.441. The summed E-state index contributed by atoms with van der Waals surface area (Å²) < 4.78 is 14.4. The van der Waals surface area contributed by atoms with Crippen LogP contribution in [0.2, 0.25) is 5.15 Å². The molecule has 1 atom stereocenters. The van der Waals surface area contributed by atoms with Gasteiger partial charge in [-0.05, 0) is 31.5 Å². The van der Waals surface area contributed by atoms with Gasteiger partial charge >= 0.3 is 5.56 Å². The Hall–Kier alpha value is -3.62. The van der Waals surface area contributed by atoms with Crippen molar-refractivity contribution < 1.29 is 14.6 Å². The predicted molar refractivity (Wildman–Crippen MR) is 125 cm³/mol. The van der Waals surface area contributed by atoms with Gasteiger partial charge in [0.05, 0.1) is 31.4 Å². The Morgan fingerprint density at radius 1 is 1.12 bits per heavy atom. The van der Waals surface area contributed by atoms with Crippen molar-refractivity contribution in [3.8, 4) is 22.9 Å². The van der Waals surface area contributed by atoms with Gasteiger partial charge in [0.15, 0.2) is 10.9 Å². The number of ether oxygens (including phenoxy) is 2. The SMILES string of the molecule is COc1cc(Oc2cc(Cl)nn([C@@H](CO)c3cccc(C)c3)c2=O)ccc1-n1cnc(C)c1. The molecule has 0 radical (unpaired) electrons. The number of aliphatic hydroxyl groups excluding tert-OH is 1. The standard InChI is InChI=1S/C24H23ClN4O4/c1-15-5-4-6-17(9-15)20(13-30)29-24(31)22(11-23(25)27-29)33-18-7-8-19(21(10-18)32-3)28-12-16(2)26-14-28/h4-12,14,20,30H,13H2,1-3H3/t20-/m0/s1. The first-order chi connectivity index (χ1) is 15.9. The van der Waals surface area contributed by atoms with Gasteiger partial charge < -0.3 is 19.1 Å². The van der Waals surface area contributed by atoms with Crippen molar-refractivity contribution in [1.82, 2.24) is 19.3 Å². The minimum absolute atomic E-state index is 0.0191. The molecule has 0 saturated heterocycles. The molecule has 8 nitrogen and oxygen atoms in total. The zero-order chi connectivity index (χ0) is 23.5.